The van der Waals surface area contributed by atoms with Gasteiger partial charge in [-0.1, -0.05) is 0 Å². The molecule has 0 aromatic heterocycles. The van der Waals surface area contributed by atoms with Gasteiger partial charge < -0.3 is 15.4 Å². The van der Waals surface area contributed by atoms with Gasteiger partial charge in [-0.25, -0.2) is 0 Å². The van der Waals surface area contributed by atoms with Gasteiger partial charge in [0.05, 0.1) is 22.5 Å². The van der Waals surface area contributed by atoms with E-state index < -0.39 is 9.85 Å². The van der Waals surface area contributed by atoms with E-state index in [0.717, 1.165) is 0 Å². The zero-order chi connectivity index (χ0) is 18.4. The number of hydrogen-bond acceptors (Lipinski definition) is 6. The van der Waals surface area contributed by atoms with E-state index in [0.29, 0.717) is 18.0 Å². The third-order valence-electron chi connectivity index (χ3n) is 3.06. The molecule has 0 saturated heterocycles. The van der Waals surface area contributed by atoms with Gasteiger partial charge in [-0.05, 0) is 43.4 Å². The summed E-state index contributed by atoms with van der Waals surface area (Å²) in [7, 11) is 0. The lowest BCUT2D eigenvalue weighted by atomic mass is 10.2. The smallest absolute Gasteiger partial charge is 0.296 e. The molecule has 0 aliphatic heterocycles. The van der Waals surface area contributed by atoms with Gasteiger partial charge in [0.1, 0.15) is 11.4 Å². The molecule has 0 spiro atoms. The molecule has 0 heterocycles. The topological polar surface area (TPSA) is 120 Å². The van der Waals surface area contributed by atoms with Crippen LogP contribution in [-0.4, -0.2) is 21.6 Å². The lowest BCUT2D eigenvalue weighted by Crippen LogP contribution is -2.19. The average molecular weight is 362 g/mol. The third-order valence-corrected chi connectivity index (χ3v) is 3.27. The molecule has 0 radical (unpaired) electrons. The minimum absolute atomic E-state index is 0.0495. The quantitative estimate of drug-likeness (QED) is 0.453. The fourth-order valence-electron chi connectivity index (χ4n) is 1.98. The molecule has 0 unspecified atom stereocenters. The second-order valence-electron chi connectivity index (χ2n) is 4.75. The van der Waals surface area contributed by atoms with Crippen molar-refractivity contribution < 1.29 is 14.6 Å². The number of benzene rings is 2. The summed E-state index contributed by atoms with van der Waals surface area (Å²) in [4.78, 5) is 20.8. The van der Waals surface area contributed by atoms with E-state index in [-0.39, 0.29) is 22.2 Å². The number of non-ortho nitro benzene ring substituents is 1. The predicted molar refractivity (Wildman–Crippen MR) is 97.2 cm³/mol. The SMILES string of the molecule is CCOc1ccc(NC(=S)Nc2ccc([N+](=O)[O-])cc2)c([N+](=O)[O-])c1. The second kappa shape index (κ2) is 8.02. The number of nitrogens with zero attached hydrogens (tertiary/aromatic N) is 2. The molecule has 9 nitrogen and oxygen atoms in total. The molecule has 2 N–H and O–H groups in total. The number of rotatable bonds is 6. The molecule has 0 bridgehead atoms. The molecule has 2 rings (SSSR count). The number of anilines is 2. The van der Waals surface area contributed by atoms with E-state index in [1.54, 1.807) is 13.0 Å². The van der Waals surface area contributed by atoms with Crippen molar-refractivity contribution in [1.82, 2.24) is 0 Å². The highest BCUT2D eigenvalue weighted by atomic mass is 32.1. The van der Waals surface area contributed by atoms with E-state index in [1.165, 1.54) is 36.4 Å². The normalized spacial score (nSPS) is 9.96. The Morgan fingerprint density at radius 1 is 1.08 bits per heavy atom. The Balaban J connectivity index is 2.11. The van der Waals surface area contributed by atoms with Gasteiger partial charge in [0.25, 0.3) is 11.4 Å². The average Bonchev–Trinajstić information content (AvgIpc) is 2.56. The molecule has 0 aliphatic carbocycles. The van der Waals surface area contributed by atoms with E-state index in [9.17, 15) is 20.2 Å². The van der Waals surface area contributed by atoms with Crippen molar-refractivity contribution in [3.8, 4) is 5.75 Å². The minimum Gasteiger partial charge on any atom is -0.494 e. The van der Waals surface area contributed by atoms with Crippen LogP contribution in [0.15, 0.2) is 42.5 Å². The van der Waals surface area contributed by atoms with Crippen LogP contribution in [0.1, 0.15) is 6.92 Å². The van der Waals surface area contributed by atoms with Crippen LogP contribution in [0.2, 0.25) is 0 Å². The van der Waals surface area contributed by atoms with Gasteiger partial charge in [-0.2, -0.15) is 0 Å². The fourth-order valence-corrected chi connectivity index (χ4v) is 2.20. The van der Waals surface area contributed by atoms with E-state index in [2.05, 4.69) is 10.6 Å². The monoisotopic (exact) mass is 362 g/mol. The molecule has 0 fully saturated rings. The van der Waals surface area contributed by atoms with Crippen LogP contribution in [0.3, 0.4) is 0 Å². The van der Waals surface area contributed by atoms with Crippen LogP contribution in [-0.2, 0) is 0 Å². The van der Waals surface area contributed by atoms with E-state index in [1.807, 2.05) is 0 Å². The summed E-state index contributed by atoms with van der Waals surface area (Å²) in [5.41, 5.74) is 0.481. The van der Waals surface area contributed by atoms with Crippen molar-refractivity contribution in [3.63, 3.8) is 0 Å². The lowest BCUT2D eigenvalue weighted by Gasteiger charge is -2.11. The molecular formula is C15H14N4O5S. The number of nitro benzene ring substituents is 2. The highest BCUT2D eigenvalue weighted by molar-refractivity contribution is 7.80. The molecule has 2 aromatic rings. The Labute approximate surface area is 147 Å². The van der Waals surface area contributed by atoms with Crippen LogP contribution >= 0.6 is 12.2 Å². The summed E-state index contributed by atoms with van der Waals surface area (Å²) in [5, 5.41) is 27.5. The van der Waals surface area contributed by atoms with Crippen LogP contribution in [0.25, 0.3) is 0 Å². The van der Waals surface area contributed by atoms with Crippen LogP contribution in [0, 0.1) is 20.2 Å². The molecular weight excluding hydrogens is 348 g/mol. The van der Waals surface area contributed by atoms with Gasteiger partial charge in [-0.15, -0.1) is 0 Å². The van der Waals surface area contributed by atoms with Crippen LogP contribution in [0.4, 0.5) is 22.7 Å². The number of nitro groups is 2. The van der Waals surface area contributed by atoms with Crippen molar-refractivity contribution >= 4 is 40.1 Å². The van der Waals surface area contributed by atoms with Gasteiger partial charge >= 0.3 is 0 Å². The summed E-state index contributed by atoms with van der Waals surface area (Å²) in [6.45, 7) is 2.17. The summed E-state index contributed by atoms with van der Waals surface area (Å²) in [6, 6.07) is 10.0. The molecule has 130 valence electrons. The summed E-state index contributed by atoms with van der Waals surface area (Å²) in [5.74, 6) is 0.383. The molecule has 0 aliphatic rings. The highest BCUT2D eigenvalue weighted by Gasteiger charge is 2.16. The lowest BCUT2D eigenvalue weighted by molar-refractivity contribution is -0.384. The fraction of sp³-hybridized carbons (Fsp3) is 0.133. The van der Waals surface area contributed by atoms with Crippen LogP contribution in [0.5, 0.6) is 5.75 Å². The third kappa shape index (κ3) is 4.85. The predicted octanol–water partition coefficient (Wildman–Crippen LogP) is 3.71. The number of thiocarbonyl (C=S) groups is 1. The number of nitrogens with one attached hydrogen (secondary N) is 2. The summed E-state index contributed by atoms with van der Waals surface area (Å²) in [6.07, 6.45) is 0. The van der Waals surface area contributed by atoms with Crippen molar-refractivity contribution in [1.29, 1.82) is 0 Å². The first-order chi connectivity index (χ1) is 11.9. The Bertz CT molecular complexity index is 810. The standard InChI is InChI=1S/C15H14N4O5S/c1-2-24-12-7-8-13(14(9-12)19(22)23)17-15(25)16-10-3-5-11(6-4-10)18(20)21/h3-9H,2H2,1H3,(H2,16,17,25). The van der Waals surface area contributed by atoms with Gasteiger partial charge in [0.15, 0.2) is 5.11 Å². The van der Waals surface area contributed by atoms with Crippen molar-refractivity contribution in [2.75, 3.05) is 17.2 Å². The molecule has 0 amide bonds. The maximum atomic E-state index is 11.2. The summed E-state index contributed by atoms with van der Waals surface area (Å²) >= 11 is 5.12. The zero-order valence-corrected chi connectivity index (χ0v) is 13.9. The van der Waals surface area contributed by atoms with Gasteiger partial charge in [-0.3, -0.25) is 20.2 Å². The Morgan fingerprint density at radius 2 is 1.76 bits per heavy atom. The minimum atomic E-state index is -0.542. The molecule has 0 atom stereocenters. The first-order valence-electron chi connectivity index (χ1n) is 7.14. The molecule has 0 saturated carbocycles. The summed E-state index contributed by atoms with van der Waals surface area (Å²) < 4.78 is 5.25. The maximum Gasteiger partial charge on any atom is 0.296 e. The van der Waals surface area contributed by atoms with Crippen LogP contribution < -0.4 is 15.4 Å². The molecule has 10 heteroatoms. The van der Waals surface area contributed by atoms with Crippen molar-refractivity contribution in [2.45, 2.75) is 6.92 Å². The first kappa shape index (κ1) is 18.1. The first-order valence-corrected chi connectivity index (χ1v) is 7.55. The number of ether oxygens (including phenoxy) is 1. The van der Waals surface area contributed by atoms with Crippen molar-refractivity contribution in [3.05, 3.63) is 62.7 Å². The zero-order valence-electron chi connectivity index (χ0n) is 13.1. The second-order valence-corrected chi connectivity index (χ2v) is 5.16. The van der Waals surface area contributed by atoms with Gasteiger partial charge in [0, 0.05) is 17.8 Å². The Kier molecular flexibility index (Phi) is 5.79. The molecule has 25 heavy (non-hydrogen) atoms. The number of hydrogen-bond donors (Lipinski definition) is 2. The van der Waals surface area contributed by atoms with E-state index >= 15 is 0 Å². The highest BCUT2D eigenvalue weighted by Crippen LogP contribution is 2.29. The largest absolute Gasteiger partial charge is 0.494 e. The Hall–Kier alpha value is -3.27. The maximum absolute atomic E-state index is 11.2. The molecule has 2 aromatic carbocycles. The van der Waals surface area contributed by atoms with Crippen molar-refractivity contribution in [2.24, 2.45) is 0 Å². The Morgan fingerprint density at radius 3 is 2.32 bits per heavy atom. The van der Waals surface area contributed by atoms with E-state index in [4.69, 9.17) is 17.0 Å². The van der Waals surface area contributed by atoms with Gasteiger partial charge in [0.2, 0.25) is 0 Å².